The van der Waals surface area contributed by atoms with E-state index in [4.69, 9.17) is 15.6 Å². The van der Waals surface area contributed by atoms with Crippen LogP contribution in [-0.2, 0) is 0 Å². The molecule has 0 saturated carbocycles. The molecule has 0 aromatic carbocycles. The predicted octanol–water partition coefficient (Wildman–Crippen LogP) is -0.187. The van der Waals surface area contributed by atoms with Crippen LogP contribution in [0.5, 0.6) is 0 Å². The van der Waals surface area contributed by atoms with Crippen LogP contribution >= 0.6 is 0 Å². The third-order valence-electron chi connectivity index (χ3n) is 1.02. The minimum atomic E-state index is -1.84. The van der Waals surface area contributed by atoms with Crippen molar-refractivity contribution in [3.05, 3.63) is 24.3 Å². The van der Waals surface area contributed by atoms with E-state index in [9.17, 15) is 0 Å². The van der Waals surface area contributed by atoms with E-state index < -0.39 is 5.79 Å². The average Bonchev–Trinajstić information content (AvgIpc) is 1.78. The van der Waals surface area contributed by atoms with Gasteiger partial charge in [0.05, 0.1) is 5.71 Å². The van der Waals surface area contributed by atoms with Crippen LogP contribution in [0.1, 0.15) is 0 Å². The summed E-state index contributed by atoms with van der Waals surface area (Å²) in [6.07, 6.45) is 4.96. The number of nitrogens with one attached hydrogen (secondary N) is 1. The molecule has 3 N–H and O–H groups in total. The highest BCUT2D eigenvalue weighted by Crippen LogP contribution is 2.08. The van der Waals surface area contributed by atoms with Crippen LogP contribution in [0.3, 0.4) is 0 Å². The molecule has 0 atom stereocenters. The van der Waals surface area contributed by atoms with Crippen LogP contribution in [-0.4, -0.2) is 21.7 Å². The molecular weight excluding hydrogens is 118 g/mol. The van der Waals surface area contributed by atoms with Gasteiger partial charge in [0, 0.05) is 0 Å². The summed E-state index contributed by atoms with van der Waals surface area (Å²) in [5, 5.41) is 24.5. The molecule has 3 nitrogen and oxygen atoms in total. The average molecular weight is 125 g/mol. The van der Waals surface area contributed by atoms with Crippen LogP contribution in [0.15, 0.2) is 24.3 Å². The molecule has 0 aromatic rings. The van der Waals surface area contributed by atoms with Crippen LogP contribution in [0.25, 0.3) is 0 Å². The van der Waals surface area contributed by atoms with E-state index >= 15 is 0 Å². The van der Waals surface area contributed by atoms with Crippen molar-refractivity contribution in [2.45, 2.75) is 5.79 Å². The monoisotopic (exact) mass is 125 g/mol. The normalized spacial score (nSPS) is 22.7. The van der Waals surface area contributed by atoms with Gasteiger partial charge in [0.25, 0.3) is 0 Å². The van der Waals surface area contributed by atoms with E-state index in [1.54, 1.807) is 0 Å². The lowest BCUT2D eigenvalue weighted by molar-refractivity contribution is -0.0743. The van der Waals surface area contributed by atoms with Crippen molar-refractivity contribution in [2.24, 2.45) is 0 Å². The Kier molecular flexibility index (Phi) is 1.23. The summed E-state index contributed by atoms with van der Waals surface area (Å²) >= 11 is 0. The van der Waals surface area contributed by atoms with E-state index in [0.717, 1.165) is 12.2 Å². The first kappa shape index (κ1) is 6.19. The van der Waals surface area contributed by atoms with Gasteiger partial charge in [0.2, 0.25) is 5.79 Å². The highest BCUT2D eigenvalue weighted by Gasteiger charge is 2.16. The Labute approximate surface area is 52.5 Å². The molecule has 3 heteroatoms. The zero-order valence-corrected chi connectivity index (χ0v) is 4.70. The Morgan fingerprint density at radius 1 is 1.22 bits per heavy atom. The van der Waals surface area contributed by atoms with Crippen molar-refractivity contribution in [3.63, 3.8) is 0 Å². The van der Waals surface area contributed by atoms with Gasteiger partial charge in [0.1, 0.15) is 0 Å². The van der Waals surface area contributed by atoms with Crippen LogP contribution in [0.4, 0.5) is 0 Å². The molecule has 0 saturated heterocycles. The predicted molar refractivity (Wildman–Crippen MR) is 33.2 cm³/mol. The first-order valence-corrected chi connectivity index (χ1v) is 2.52. The maximum Gasteiger partial charge on any atom is 0.203 e. The fourth-order valence-electron chi connectivity index (χ4n) is 0.536. The number of allylic oxidation sites excluding steroid dienone is 2. The van der Waals surface area contributed by atoms with Gasteiger partial charge in [-0.3, -0.25) is 0 Å². The smallest absolute Gasteiger partial charge is 0.203 e. The fourth-order valence-corrected chi connectivity index (χ4v) is 0.536. The summed E-state index contributed by atoms with van der Waals surface area (Å²) in [4.78, 5) is 0. The lowest BCUT2D eigenvalue weighted by Crippen LogP contribution is -2.24. The zero-order valence-electron chi connectivity index (χ0n) is 4.70. The quantitative estimate of drug-likeness (QED) is 0.393. The molecule has 0 aromatic heterocycles. The lowest BCUT2D eigenvalue weighted by Gasteiger charge is -2.14. The molecule has 1 aliphatic carbocycles. The second kappa shape index (κ2) is 1.79. The third kappa shape index (κ3) is 1.48. The minimum Gasteiger partial charge on any atom is -0.359 e. The molecule has 0 heterocycles. The minimum absolute atomic E-state index is 0.272. The van der Waals surface area contributed by atoms with Crippen LogP contribution in [0.2, 0.25) is 0 Å². The number of hydrogen-bond donors (Lipinski definition) is 3. The molecule has 0 spiro atoms. The largest absolute Gasteiger partial charge is 0.359 e. The molecule has 0 amide bonds. The van der Waals surface area contributed by atoms with E-state index in [-0.39, 0.29) is 5.71 Å². The van der Waals surface area contributed by atoms with E-state index in [2.05, 4.69) is 0 Å². The molecular formula is C6H7NO2. The summed E-state index contributed by atoms with van der Waals surface area (Å²) in [5.41, 5.74) is 0.272. The van der Waals surface area contributed by atoms with Crippen molar-refractivity contribution in [2.75, 3.05) is 0 Å². The summed E-state index contributed by atoms with van der Waals surface area (Å²) in [6.45, 7) is 0. The Hall–Kier alpha value is -0.930. The van der Waals surface area contributed by atoms with E-state index in [0.29, 0.717) is 0 Å². The van der Waals surface area contributed by atoms with Crippen molar-refractivity contribution < 1.29 is 10.2 Å². The molecule has 0 aliphatic heterocycles. The standard InChI is InChI=1S/C6H7NO2/c7-5-1-3-6(8,9)4-2-5/h1-4,7-9H. The van der Waals surface area contributed by atoms with Gasteiger partial charge < -0.3 is 15.6 Å². The van der Waals surface area contributed by atoms with Gasteiger partial charge in [-0.05, 0) is 24.3 Å². The first-order chi connectivity index (χ1) is 4.10. The van der Waals surface area contributed by atoms with Gasteiger partial charge in [-0.15, -0.1) is 0 Å². The topological polar surface area (TPSA) is 64.3 Å². The highest BCUT2D eigenvalue weighted by molar-refractivity contribution is 6.02. The Balaban J connectivity index is 2.82. The van der Waals surface area contributed by atoms with Crippen molar-refractivity contribution in [3.8, 4) is 0 Å². The SMILES string of the molecule is N=C1C=CC(O)(O)C=C1. The summed E-state index contributed by atoms with van der Waals surface area (Å²) in [5.74, 6) is -1.84. The highest BCUT2D eigenvalue weighted by atomic mass is 16.5. The van der Waals surface area contributed by atoms with E-state index in [1.807, 2.05) is 0 Å². The Morgan fingerprint density at radius 3 is 2.00 bits per heavy atom. The molecule has 0 radical (unpaired) electrons. The van der Waals surface area contributed by atoms with Gasteiger partial charge in [-0.1, -0.05) is 0 Å². The molecule has 0 fully saturated rings. The fraction of sp³-hybridized carbons (Fsp3) is 0.167. The molecule has 9 heavy (non-hydrogen) atoms. The number of hydrogen-bond acceptors (Lipinski definition) is 3. The van der Waals surface area contributed by atoms with Gasteiger partial charge in [0.15, 0.2) is 0 Å². The van der Waals surface area contributed by atoms with Gasteiger partial charge in [-0.25, -0.2) is 0 Å². The Bertz CT molecular complexity index is 173. The van der Waals surface area contributed by atoms with Crippen LogP contribution < -0.4 is 0 Å². The third-order valence-corrected chi connectivity index (χ3v) is 1.02. The zero-order chi connectivity index (χ0) is 6.91. The molecule has 1 aliphatic rings. The maximum atomic E-state index is 8.78. The molecule has 48 valence electrons. The van der Waals surface area contributed by atoms with E-state index in [1.165, 1.54) is 12.2 Å². The lowest BCUT2D eigenvalue weighted by atomic mass is 10.1. The molecule has 1 rings (SSSR count). The van der Waals surface area contributed by atoms with Crippen LogP contribution in [0, 0.1) is 5.41 Å². The van der Waals surface area contributed by atoms with Crippen molar-refractivity contribution in [1.29, 1.82) is 5.41 Å². The summed E-state index contributed by atoms with van der Waals surface area (Å²) < 4.78 is 0. The second-order valence-electron chi connectivity index (χ2n) is 1.91. The van der Waals surface area contributed by atoms with Crippen molar-refractivity contribution in [1.82, 2.24) is 0 Å². The van der Waals surface area contributed by atoms with Gasteiger partial charge >= 0.3 is 0 Å². The molecule has 0 bridgehead atoms. The van der Waals surface area contributed by atoms with Crippen molar-refractivity contribution >= 4 is 5.71 Å². The Morgan fingerprint density at radius 2 is 1.67 bits per heavy atom. The summed E-state index contributed by atoms with van der Waals surface area (Å²) in [7, 11) is 0. The number of aliphatic hydroxyl groups is 2. The first-order valence-electron chi connectivity index (χ1n) is 2.52. The number of rotatable bonds is 0. The second-order valence-corrected chi connectivity index (χ2v) is 1.91. The maximum absolute atomic E-state index is 8.78. The molecule has 0 unspecified atom stereocenters. The summed E-state index contributed by atoms with van der Waals surface area (Å²) in [6, 6.07) is 0. The van der Waals surface area contributed by atoms with Gasteiger partial charge in [-0.2, -0.15) is 0 Å².